The normalized spacial score (nSPS) is 11.0. The lowest BCUT2D eigenvalue weighted by Gasteiger charge is -2.26. The molecule has 2 aromatic heterocycles. The highest BCUT2D eigenvalue weighted by Crippen LogP contribution is 2.33. The van der Waals surface area contributed by atoms with Gasteiger partial charge in [0.05, 0.1) is 24.7 Å². The fraction of sp³-hybridized carbons (Fsp3) is 0.222. The maximum absolute atomic E-state index is 14.3. The topological polar surface area (TPSA) is 64.3 Å². The molecule has 1 aromatic carbocycles. The molecule has 8 heteroatoms. The Morgan fingerprint density at radius 2 is 1.92 bits per heavy atom. The Labute approximate surface area is 157 Å². The number of pyridine rings is 2. The fourth-order valence-electron chi connectivity index (χ4n) is 2.79. The van der Waals surface area contributed by atoms with E-state index in [1.807, 2.05) is 6.92 Å². The van der Waals surface area contributed by atoms with Gasteiger partial charge in [-0.1, -0.05) is 15.9 Å². The summed E-state index contributed by atoms with van der Waals surface area (Å²) in [5.74, 6) is -0.812. The van der Waals surface area contributed by atoms with Crippen molar-refractivity contribution < 1.29 is 13.5 Å². The molecule has 0 radical (unpaired) electrons. The molecule has 0 saturated heterocycles. The van der Waals surface area contributed by atoms with Crippen LogP contribution in [0.3, 0.4) is 0 Å². The van der Waals surface area contributed by atoms with Crippen LogP contribution in [0.2, 0.25) is 0 Å². The minimum absolute atomic E-state index is 0.0246. The van der Waals surface area contributed by atoms with E-state index in [-0.39, 0.29) is 12.1 Å². The summed E-state index contributed by atoms with van der Waals surface area (Å²) in [5, 5.41) is 0.686. The Balaban J connectivity index is 2.10. The Morgan fingerprint density at radius 1 is 1.23 bits per heavy atom. The van der Waals surface area contributed by atoms with Crippen molar-refractivity contribution in [3.63, 3.8) is 0 Å². The zero-order valence-electron chi connectivity index (χ0n) is 14.3. The number of fused-ring (bicyclic) bond motifs is 1. The van der Waals surface area contributed by atoms with Gasteiger partial charge in [-0.2, -0.15) is 4.98 Å². The second-order valence-electron chi connectivity index (χ2n) is 5.65. The number of nitrogen functional groups attached to an aromatic ring is 1. The summed E-state index contributed by atoms with van der Waals surface area (Å²) in [7, 11) is 1.52. The zero-order chi connectivity index (χ0) is 18.8. The van der Waals surface area contributed by atoms with Gasteiger partial charge in [-0.25, -0.2) is 13.8 Å². The van der Waals surface area contributed by atoms with Crippen LogP contribution in [0.15, 0.2) is 34.9 Å². The number of halogens is 3. The van der Waals surface area contributed by atoms with E-state index in [0.29, 0.717) is 39.3 Å². The van der Waals surface area contributed by atoms with Crippen LogP contribution in [0, 0.1) is 11.6 Å². The Hall–Kier alpha value is -2.48. The van der Waals surface area contributed by atoms with Crippen LogP contribution in [-0.2, 0) is 6.54 Å². The third kappa shape index (κ3) is 3.41. The maximum Gasteiger partial charge on any atom is 0.215 e. The SMILES string of the molecule is CCN(Cc1c(F)cc(Br)cc1F)c1c(N)cnc2nc(OC)ccc12. The predicted molar refractivity (Wildman–Crippen MR) is 101 cm³/mol. The summed E-state index contributed by atoms with van der Waals surface area (Å²) in [6.07, 6.45) is 1.49. The summed E-state index contributed by atoms with van der Waals surface area (Å²) in [5.41, 5.74) is 7.59. The second kappa shape index (κ2) is 7.41. The van der Waals surface area contributed by atoms with Gasteiger partial charge in [-0.3, -0.25) is 0 Å². The van der Waals surface area contributed by atoms with E-state index >= 15 is 0 Å². The third-order valence-electron chi connectivity index (χ3n) is 4.07. The summed E-state index contributed by atoms with van der Waals surface area (Å²) < 4.78 is 34.0. The smallest absolute Gasteiger partial charge is 0.215 e. The highest BCUT2D eigenvalue weighted by Gasteiger charge is 2.19. The first-order chi connectivity index (χ1) is 12.4. The van der Waals surface area contributed by atoms with Gasteiger partial charge in [-0.05, 0) is 25.1 Å². The molecule has 0 spiro atoms. The van der Waals surface area contributed by atoms with Gasteiger partial charge in [0.25, 0.3) is 0 Å². The van der Waals surface area contributed by atoms with E-state index in [9.17, 15) is 8.78 Å². The molecular weight excluding hydrogens is 406 g/mol. The van der Waals surface area contributed by atoms with Gasteiger partial charge < -0.3 is 15.4 Å². The molecular formula is C18H17BrF2N4O. The van der Waals surface area contributed by atoms with Crippen molar-refractivity contribution in [2.45, 2.75) is 13.5 Å². The molecule has 3 rings (SSSR count). The Bertz CT molecular complexity index is 944. The molecule has 0 aliphatic heterocycles. The Morgan fingerprint density at radius 3 is 2.54 bits per heavy atom. The van der Waals surface area contributed by atoms with Crippen LogP contribution in [0.4, 0.5) is 20.2 Å². The predicted octanol–water partition coefficient (Wildman–Crippen LogP) is 4.29. The molecule has 0 aliphatic carbocycles. The van der Waals surface area contributed by atoms with E-state index in [0.717, 1.165) is 0 Å². The van der Waals surface area contributed by atoms with Crippen LogP contribution in [0.25, 0.3) is 11.0 Å². The van der Waals surface area contributed by atoms with Crippen LogP contribution in [0.5, 0.6) is 5.88 Å². The summed E-state index contributed by atoms with van der Waals surface area (Å²) in [6.45, 7) is 2.40. The minimum atomic E-state index is -0.618. The van der Waals surface area contributed by atoms with E-state index in [4.69, 9.17) is 10.5 Å². The Kier molecular flexibility index (Phi) is 5.22. The molecule has 0 atom stereocenters. The van der Waals surface area contributed by atoms with Gasteiger partial charge in [0, 0.05) is 34.6 Å². The number of nitrogens with zero attached hydrogens (tertiary/aromatic N) is 3. The number of methoxy groups -OCH3 is 1. The van der Waals surface area contributed by atoms with Gasteiger partial charge >= 0.3 is 0 Å². The van der Waals surface area contributed by atoms with Crippen molar-refractivity contribution in [3.05, 3.63) is 52.1 Å². The molecule has 2 N–H and O–H groups in total. The zero-order valence-corrected chi connectivity index (χ0v) is 15.8. The largest absolute Gasteiger partial charge is 0.481 e. The van der Waals surface area contributed by atoms with Crippen molar-refractivity contribution in [3.8, 4) is 5.88 Å². The van der Waals surface area contributed by atoms with Gasteiger partial charge in [0.1, 0.15) is 11.6 Å². The molecule has 0 bridgehead atoms. The number of hydrogen-bond acceptors (Lipinski definition) is 5. The van der Waals surface area contributed by atoms with Crippen LogP contribution in [0.1, 0.15) is 12.5 Å². The van der Waals surface area contributed by atoms with Crippen molar-refractivity contribution >= 4 is 38.3 Å². The lowest BCUT2D eigenvalue weighted by Crippen LogP contribution is -2.25. The molecule has 0 amide bonds. The number of benzene rings is 1. The number of hydrogen-bond donors (Lipinski definition) is 1. The van der Waals surface area contributed by atoms with Crippen molar-refractivity contribution in [1.82, 2.24) is 9.97 Å². The average Bonchev–Trinajstić information content (AvgIpc) is 2.61. The van der Waals surface area contributed by atoms with Crippen LogP contribution < -0.4 is 15.4 Å². The maximum atomic E-state index is 14.3. The monoisotopic (exact) mass is 422 g/mol. The number of nitrogens with two attached hydrogens (primary N) is 1. The third-order valence-corrected chi connectivity index (χ3v) is 4.52. The average molecular weight is 423 g/mol. The molecule has 26 heavy (non-hydrogen) atoms. The first kappa shape index (κ1) is 18.3. The van der Waals surface area contributed by atoms with Gasteiger partial charge in [0.15, 0.2) is 5.65 Å². The van der Waals surface area contributed by atoms with Gasteiger partial charge in [-0.15, -0.1) is 0 Å². The molecule has 136 valence electrons. The van der Waals surface area contributed by atoms with E-state index in [1.165, 1.54) is 25.4 Å². The van der Waals surface area contributed by atoms with Crippen LogP contribution >= 0.6 is 15.9 Å². The molecule has 3 aromatic rings. The molecule has 2 heterocycles. The highest BCUT2D eigenvalue weighted by atomic mass is 79.9. The lowest BCUT2D eigenvalue weighted by atomic mass is 10.1. The van der Waals surface area contributed by atoms with E-state index in [2.05, 4.69) is 25.9 Å². The number of aromatic nitrogens is 2. The fourth-order valence-corrected chi connectivity index (χ4v) is 3.19. The van der Waals surface area contributed by atoms with Crippen LogP contribution in [-0.4, -0.2) is 23.6 Å². The standard InChI is InChI=1S/C18H17BrF2N4O/c1-3-25(9-12-13(20)6-10(19)7-14(12)21)17-11-4-5-16(26-2)24-18(11)23-8-15(17)22/h4-8H,3,9,22H2,1-2H3. The van der Waals surface area contributed by atoms with E-state index in [1.54, 1.807) is 17.0 Å². The molecule has 0 saturated carbocycles. The first-order valence-corrected chi connectivity index (χ1v) is 8.71. The van der Waals surface area contributed by atoms with Crippen molar-refractivity contribution in [2.24, 2.45) is 0 Å². The molecule has 0 aliphatic rings. The van der Waals surface area contributed by atoms with Crippen molar-refractivity contribution in [2.75, 3.05) is 24.3 Å². The molecule has 0 unspecified atom stereocenters. The lowest BCUT2D eigenvalue weighted by molar-refractivity contribution is 0.399. The van der Waals surface area contributed by atoms with Crippen molar-refractivity contribution in [1.29, 1.82) is 0 Å². The van der Waals surface area contributed by atoms with E-state index < -0.39 is 11.6 Å². The van der Waals surface area contributed by atoms with Gasteiger partial charge in [0.2, 0.25) is 5.88 Å². The number of anilines is 2. The summed E-state index contributed by atoms with van der Waals surface area (Å²) in [6, 6.07) is 5.97. The first-order valence-electron chi connectivity index (χ1n) is 7.92. The minimum Gasteiger partial charge on any atom is -0.481 e. The summed E-state index contributed by atoms with van der Waals surface area (Å²) in [4.78, 5) is 10.3. The highest BCUT2D eigenvalue weighted by molar-refractivity contribution is 9.10. The number of ether oxygens (including phenoxy) is 1. The quantitative estimate of drug-likeness (QED) is 0.664. The molecule has 5 nitrogen and oxygen atoms in total. The summed E-state index contributed by atoms with van der Waals surface area (Å²) >= 11 is 3.09. The number of rotatable bonds is 5. The second-order valence-corrected chi connectivity index (χ2v) is 6.56. The molecule has 0 fully saturated rings.